The van der Waals surface area contributed by atoms with Gasteiger partial charge in [0.05, 0.1) is 24.0 Å². The van der Waals surface area contributed by atoms with Crippen molar-refractivity contribution < 1.29 is 13.2 Å². The van der Waals surface area contributed by atoms with E-state index >= 15 is 0 Å². The van der Waals surface area contributed by atoms with Gasteiger partial charge in [-0.3, -0.25) is 9.19 Å². The van der Waals surface area contributed by atoms with E-state index in [1.165, 1.54) is 12.3 Å². The molecule has 0 aliphatic carbocycles. The molecule has 1 aromatic heterocycles. The first-order chi connectivity index (χ1) is 5.68. The van der Waals surface area contributed by atoms with Gasteiger partial charge in [0.25, 0.3) is 0 Å². The maximum absolute atomic E-state index is 12.4. The van der Waals surface area contributed by atoms with Gasteiger partial charge in [-0.15, -0.1) is 0 Å². The molecule has 0 aliphatic heterocycles. The molecule has 0 spiro atoms. The van der Waals surface area contributed by atoms with Crippen molar-refractivity contribution in [3.63, 3.8) is 0 Å². The van der Waals surface area contributed by atoms with E-state index in [1.807, 2.05) is 0 Å². The van der Waals surface area contributed by atoms with Crippen LogP contribution in [-0.4, -0.2) is 19.6 Å². The van der Waals surface area contributed by atoms with E-state index in [1.54, 1.807) is 0 Å². The van der Waals surface area contributed by atoms with Crippen LogP contribution in [0.5, 0.6) is 0 Å². The van der Waals surface area contributed by atoms with Gasteiger partial charge in [0.1, 0.15) is 5.82 Å². The van der Waals surface area contributed by atoms with Crippen LogP contribution in [0.3, 0.4) is 0 Å². The summed E-state index contributed by atoms with van der Waals surface area (Å²) in [4.78, 5) is 3.52. The van der Waals surface area contributed by atoms with Gasteiger partial charge in [-0.25, -0.2) is 4.39 Å². The van der Waals surface area contributed by atoms with Crippen molar-refractivity contribution in [1.82, 2.24) is 4.98 Å². The van der Waals surface area contributed by atoms with Crippen molar-refractivity contribution in [3.8, 4) is 0 Å². The lowest BCUT2D eigenvalue weighted by Crippen LogP contribution is -2.07. The van der Waals surface area contributed by atoms with Crippen molar-refractivity contribution >= 4 is 16.8 Å². The van der Waals surface area contributed by atoms with Crippen LogP contribution in [0.25, 0.3) is 0 Å². The quantitative estimate of drug-likeness (QED) is 0.702. The number of nitrogens with one attached hydrogen (secondary N) is 1. The average molecular weight is 189 g/mol. The van der Waals surface area contributed by atoms with Crippen molar-refractivity contribution in [2.75, 3.05) is 11.2 Å². The van der Waals surface area contributed by atoms with E-state index in [4.69, 9.17) is 0 Å². The van der Waals surface area contributed by atoms with Crippen molar-refractivity contribution in [2.45, 2.75) is 0 Å². The largest absolute Gasteiger partial charge is 0.771 e. The topological polar surface area (TPSA) is 65.0 Å². The lowest BCUT2D eigenvalue weighted by molar-refractivity contribution is 0.539. The molecule has 0 amide bonds. The lowest BCUT2D eigenvalue weighted by Gasteiger charge is -2.07. The molecule has 66 valence electrons. The fourth-order valence-corrected chi connectivity index (χ4v) is 0.935. The molecule has 0 aromatic carbocycles. The van der Waals surface area contributed by atoms with Gasteiger partial charge in [0.2, 0.25) is 0 Å². The van der Waals surface area contributed by atoms with E-state index in [9.17, 15) is 13.2 Å². The number of pyridine rings is 1. The summed E-state index contributed by atoms with van der Waals surface area (Å²) < 4.78 is 32.6. The first kappa shape index (κ1) is 9.08. The number of halogens is 1. The minimum absolute atomic E-state index is 0.245. The number of anilines is 1. The van der Waals surface area contributed by atoms with Crippen LogP contribution < -0.4 is 5.32 Å². The highest BCUT2D eigenvalue weighted by Crippen LogP contribution is 2.05. The van der Waals surface area contributed by atoms with Gasteiger partial charge < -0.3 is 9.87 Å². The van der Waals surface area contributed by atoms with Crippen LogP contribution in [-0.2, 0) is 11.1 Å². The summed E-state index contributed by atoms with van der Waals surface area (Å²) in [6, 6.07) is 1.17. The van der Waals surface area contributed by atoms with Crippen LogP contribution in [0.15, 0.2) is 18.5 Å². The Morgan fingerprint density at radius 2 is 2.42 bits per heavy atom. The molecule has 1 heterocycles. The minimum Gasteiger partial charge on any atom is -0.771 e. The molecule has 1 N–H and O–H groups in total. The molecular weight excluding hydrogens is 183 g/mol. The molecule has 0 radical (unpaired) electrons. The third-order valence-electron chi connectivity index (χ3n) is 1.10. The van der Waals surface area contributed by atoms with Crippen molar-refractivity contribution in [2.24, 2.45) is 0 Å². The van der Waals surface area contributed by atoms with Gasteiger partial charge in [0, 0.05) is 6.07 Å². The Labute approximate surface area is 71.1 Å². The van der Waals surface area contributed by atoms with E-state index in [-0.39, 0.29) is 5.88 Å². The summed E-state index contributed by atoms with van der Waals surface area (Å²) in [5.41, 5.74) is 0.346. The first-order valence-electron chi connectivity index (χ1n) is 3.09. The molecule has 1 aromatic rings. The van der Waals surface area contributed by atoms with Gasteiger partial charge in [0.15, 0.2) is 0 Å². The third-order valence-corrected chi connectivity index (χ3v) is 1.48. The number of hydrogen-bond acceptors (Lipinski definition) is 4. The van der Waals surface area contributed by atoms with Gasteiger partial charge in [-0.2, -0.15) is 0 Å². The summed E-state index contributed by atoms with van der Waals surface area (Å²) in [6.07, 6.45) is 2.38. The molecule has 6 heteroatoms. The van der Waals surface area contributed by atoms with Crippen LogP contribution in [0, 0.1) is 5.82 Å². The first-order valence-corrected chi connectivity index (χ1v) is 4.33. The number of rotatable bonds is 3. The molecular formula is C6H6FN2O2S-. The third kappa shape index (κ3) is 2.93. The average Bonchev–Trinajstić information content (AvgIpc) is 2.01. The van der Waals surface area contributed by atoms with Crippen LogP contribution in [0.2, 0.25) is 0 Å². The van der Waals surface area contributed by atoms with E-state index in [2.05, 4.69) is 10.3 Å². The number of aromatic nitrogens is 1. The summed E-state index contributed by atoms with van der Waals surface area (Å²) in [6.45, 7) is 0. The van der Waals surface area contributed by atoms with Gasteiger partial charge in [-0.1, -0.05) is 0 Å². The number of nitrogens with zero attached hydrogens (tertiary/aromatic N) is 1. The smallest absolute Gasteiger partial charge is 0.143 e. The summed E-state index contributed by atoms with van der Waals surface area (Å²) in [7, 11) is 0. The standard InChI is InChI=1S/C6H7FN2O2S/c7-5-1-6(3-8-2-5)9-4-12(10)11/h1-3,9H,4H2,(H,10,11)/p-1. The molecule has 1 atom stereocenters. The maximum atomic E-state index is 12.4. The van der Waals surface area contributed by atoms with Gasteiger partial charge in [-0.05, 0) is 11.1 Å². The molecule has 1 rings (SSSR count). The van der Waals surface area contributed by atoms with E-state index < -0.39 is 16.9 Å². The zero-order valence-corrected chi connectivity index (χ0v) is 6.81. The predicted octanol–water partition coefficient (Wildman–Crippen LogP) is 0.469. The molecule has 4 nitrogen and oxygen atoms in total. The van der Waals surface area contributed by atoms with Gasteiger partial charge >= 0.3 is 0 Å². The molecule has 1 unspecified atom stereocenters. The zero-order chi connectivity index (χ0) is 8.97. The Kier molecular flexibility index (Phi) is 3.12. The summed E-state index contributed by atoms with van der Waals surface area (Å²) in [5, 5.41) is 2.47. The second kappa shape index (κ2) is 4.13. The normalized spacial score (nSPS) is 12.5. The van der Waals surface area contributed by atoms with Crippen LogP contribution in [0.4, 0.5) is 10.1 Å². The van der Waals surface area contributed by atoms with E-state index in [0.29, 0.717) is 5.69 Å². The van der Waals surface area contributed by atoms with Crippen molar-refractivity contribution in [1.29, 1.82) is 0 Å². The SMILES string of the molecule is O=S([O-])CNc1cncc(F)c1. The molecule has 12 heavy (non-hydrogen) atoms. The summed E-state index contributed by atoms with van der Waals surface area (Å²) >= 11 is -2.18. The minimum atomic E-state index is -2.18. The van der Waals surface area contributed by atoms with Crippen molar-refractivity contribution in [3.05, 3.63) is 24.3 Å². The molecule has 0 aliphatic rings. The number of hydrogen-bond donors (Lipinski definition) is 1. The lowest BCUT2D eigenvalue weighted by atomic mass is 10.4. The Balaban J connectivity index is 2.57. The second-order valence-electron chi connectivity index (χ2n) is 2.02. The van der Waals surface area contributed by atoms with Crippen LogP contribution in [0.1, 0.15) is 0 Å². The monoisotopic (exact) mass is 189 g/mol. The highest BCUT2D eigenvalue weighted by Gasteiger charge is 1.93. The molecule has 0 bridgehead atoms. The maximum Gasteiger partial charge on any atom is 0.143 e. The fourth-order valence-electron chi connectivity index (χ4n) is 0.651. The zero-order valence-electron chi connectivity index (χ0n) is 5.99. The highest BCUT2D eigenvalue weighted by atomic mass is 32.2. The van der Waals surface area contributed by atoms with Crippen LogP contribution >= 0.6 is 0 Å². The summed E-state index contributed by atoms with van der Waals surface area (Å²) in [5.74, 6) is -0.748. The highest BCUT2D eigenvalue weighted by molar-refractivity contribution is 7.79. The Morgan fingerprint density at radius 3 is 3.00 bits per heavy atom. The fraction of sp³-hybridized carbons (Fsp3) is 0.167. The molecule has 0 saturated carbocycles. The predicted molar refractivity (Wildman–Crippen MR) is 41.6 cm³/mol. The Morgan fingerprint density at radius 1 is 1.67 bits per heavy atom. The second-order valence-corrected chi connectivity index (χ2v) is 2.91. The van der Waals surface area contributed by atoms with E-state index in [0.717, 1.165) is 6.20 Å². The molecule has 0 fully saturated rings. The Bertz CT molecular complexity index is 295. The molecule has 0 saturated heterocycles. The Hall–Kier alpha value is -1.01.